The molecule has 1 fully saturated rings. The van der Waals surface area contributed by atoms with Gasteiger partial charge in [-0.25, -0.2) is 0 Å². The van der Waals surface area contributed by atoms with Gasteiger partial charge >= 0.3 is 0 Å². The van der Waals surface area contributed by atoms with E-state index in [1.54, 1.807) is 0 Å². The molecule has 4 heteroatoms. The van der Waals surface area contributed by atoms with Crippen molar-refractivity contribution in [3.63, 3.8) is 0 Å². The van der Waals surface area contributed by atoms with Crippen molar-refractivity contribution in [3.05, 3.63) is 4.91 Å². The first-order chi connectivity index (χ1) is 4.83. The number of piperazine rings is 1. The topological polar surface area (TPSA) is 35.9 Å². The fraction of sp³-hybridized carbons (Fsp3) is 1.00. The van der Waals surface area contributed by atoms with Crippen molar-refractivity contribution in [3.8, 4) is 0 Å². The lowest BCUT2D eigenvalue weighted by Gasteiger charge is -2.30. The number of likely N-dealkylation sites (N-methyl/N-ethyl adjacent to an activating group) is 1. The van der Waals surface area contributed by atoms with E-state index >= 15 is 0 Å². The van der Waals surface area contributed by atoms with Crippen LogP contribution >= 0.6 is 0 Å². The molecule has 10 heavy (non-hydrogen) atoms. The predicted octanol–water partition coefficient (Wildman–Crippen LogP) is -0.0423. The molecule has 0 atom stereocenters. The Bertz CT molecular complexity index is 110. The summed E-state index contributed by atoms with van der Waals surface area (Å²) >= 11 is 0. The van der Waals surface area contributed by atoms with Crippen molar-refractivity contribution >= 4 is 0 Å². The number of hydrogen-bond acceptors (Lipinski definition) is 4. The third-order valence-electron chi connectivity index (χ3n) is 1.85. The molecule has 0 aromatic heterocycles. The SMILES string of the molecule is CN1CCN(CN=O)CC1. The molecule has 0 aromatic rings. The minimum atomic E-state index is 0.355. The van der Waals surface area contributed by atoms with Crippen LogP contribution < -0.4 is 0 Å². The van der Waals surface area contributed by atoms with E-state index in [-0.39, 0.29) is 0 Å². The second-order valence-electron chi connectivity index (χ2n) is 2.69. The van der Waals surface area contributed by atoms with Gasteiger partial charge < -0.3 is 4.90 Å². The molecule has 0 N–H and O–H groups in total. The highest BCUT2D eigenvalue weighted by atomic mass is 16.3. The van der Waals surface area contributed by atoms with Gasteiger partial charge in [-0.15, -0.1) is 4.91 Å². The van der Waals surface area contributed by atoms with Gasteiger partial charge in [-0.3, -0.25) is 4.90 Å². The normalized spacial score (nSPS) is 22.9. The molecule has 4 nitrogen and oxygen atoms in total. The summed E-state index contributed by atoms with van der Waals surface area (Å²) in [6, 6.07) is 0. The summed E-state index contributed by atoms with van der Waals surface area (Å²) in [5.74, 6) is 0. The molecule has 58 valence electrons. The van der Waals surface area contributed by atoms with E-state index in [1.165, 1.54) is 0 Å². The first kappa shape index (κ1) is 7.63. The minimum absolute atomic E-state index is 0.355. The summed E-state index contributed by atoms with van der Waals surface area (Å²) in [6.07, 6.45) is 0. The molecule has 1 aliphatic heterocycles. The van der Waals surface area contributed by atoms with Gasteiger partial charge in [0, 0.05) is 26.2 Å². The second-order valence-corrected chi connectivity index (χ2v) is 2.69. The number of hydrogen-bond donors (Lipinski definition) is 0. The van der Waals surface area contributed by atoms with Gasteiger partial charge in [-0.1, -0.05) is 5.18 Å². The molecule has 0 saturated carbocycles. The summed E-state index contributed by atoms with van der Waals surface area (Å²) in [6.45, 7) is 4.41. The molecule has 1 rings (SSSR count). The van der Waals surface area contributed by atoms with Crippen LogP contribution in [0.25, 0.3) is 0 Å². The van der Waals surface area contributed by atoms with Crippen LogP contribution in [0.4, 0.5) is 0 Å². The first-order valence-electron chi connectivity index (χ1n) is 3.53. The third-order valence-corrected chi connectivity index (χ3v) is 1.85. The molecule has 0 bridgehead atoms. The average molecular weight is 143 g/mol. The maximum Gasteiger partial charge on any atom is 0.134 e. The van der Waals surface area contributed by atoms with Gasteiger partial charge in [-0.05, 0) is 7.05 Å². The van der Waals surface area contributed by atoms with Crippen LogP contribution in [0.3, 0.4) is 0 Å². The maximum absolute atomic E-state index is 9.85. The molecular formula is C6H13N3O. The smallest absolute Gasteiger partial charge is 0.134 e. The van der Waals surface area contributed by atoms with E-state index in [9.17, 15) is 4.91 Å². The Hall–Kier alpha value is -0.480. The summed E-state index contributed by atoms with van der Waals surface area (Å²) in [7, 11) is 2.09. The fourth-order valence-corrected chi connectivity index (χ4v) is 1.07. The molecule has 0 unspecified atom stereocenters. The Kier molecular flexibility index (Phi) is 2.77. The molecule has 1 heterocycles. The van der Waals surface area contributed by atoms with Crippen LogP contribution in [0.5, 0.6) is 0 Å². The minimum Gasteiger partial charge on any atom is -0.304 e. The van der Waals surface area contributed by atoms with Gasteiger partial charge in [0.2, 0.25) is 0 Å². The van der Waals surface area contributed by atoms with Gasteiger partial charge in [0.15, 0.2) is 0 Å². The second kappa shape index (κ2) is 3.63. The summed E-state index contributed by atoms with van der Waals surface area (Å²) in [4.78, 5) is 14.2. The van der Waals surface area contributed by atoms with E-state index < -0.39 is 0 Å². The molecule has 1 saturated heterocycles. The Balaban J connectivity index is 2.19. The third kappa shape index (κ3) is 2.04. The highest BCUT2D eigenvalue weighted by Crippen LogP contribution is 1.97. The zero-order chi connectivity index (χ0) is 7.40. The van der Waals surface area contributed by atoms with Crippen molar-refractivity contribution < 1.29 is 0 Å². The Morgan fingerprint density at radius 1 is 1.30 bits per heavy atom. The number of nitroso groups, excluding NO2 is 1. The van der Waals surface area contributed by atoms with Crippen LogP contribution in [-0.2, 0) is 0 Å². The summed E-state index contributed by atoms with van der Waals surface area (Å²) < 4.78 is 0. The Morgan fingerprint density at radius 3 is 2.40 bits per heavy atom. The van der Waals surface area contributed by atoms with E-state index in [2.05, 4.69) is 22.0 Å². The predicted molar refractivity (Wildman–Crippen MR) is 39.7 cm³/mol. The first-order valence-corrected chi connectivity index (χ1v) is 3.53. The molecule has 0 amide bonds. The lowest BCUT2D eigenvalue weighted by Crippen LogP contribution is -2.44. The summed E-state index contributed by atoms with van der Waals surface area (Å²) in [5, 5.41) is 2.84. The van der Waals surface area contributed by atoms with Crippen LogP contribution in [0.15, 0.2) is 5.18 Å². The van der Waals surface area contributed by atoms with Crippen LogP contribution in [-0.4, -0.2) is 49.7 Å². The largest absolute Gasteiger partial charge is 0.304 e. The van der Waals surface area contributed by atoms with Crippen LogP contribution in [0.2, 0.25) is 0 Å². The molecular weight excluding hydrogens is 130 g/mol. The van der Waals surface area contributed by atoms with E-state index in [0.29, 0.717) is 6.67 Å². The molecule has 1 aliphatic rings. The van der Waals surface area contributed by atoms with Gasteiger partial charge in [-0.2, -0.15) is 0 Å². The lowest BCUT2D eigenvalue weighted by molar-refractivity contribution is 0.157. The van der Waals surface area contributed by atoms with Crippen molar-refractivity contribution in [2.24, 2.45) is 5.18 Å². The molecule has 0 aromatic carbocycles. The van der Waals surface area contributed by atoms with Gasteiger partial charge in [0.1, 0.15) is 6.67 Å². The van der Waals surface area contributed by atoms with Crippen LogP contribution in [0.1, 0.15) is 0 Å². The lowest BCUT2D eigenvalue weighted by atomic mass is 10.3. The molecule has 0 aliphatic carbocycles. The average Bonchev–Trinajstić information content (AvgIpc) is 1.95. The van der Waals surface area contributed by atoms with Crippen molar-refractivity contribution in [1.82, 2.24) is 9.80 Å². The fourth-order valence-electron chi connectivity index (χ4n) is 1.07. The summed E-state index contributed by atoms with van der Waals surface area (Å²) in [5.41, 5.74) is 0. The standard InChI is InChI=1S/C6H13N3O/c1-8-2-4-9(5-3-8)6-7-10/h2-6H2,1H3. The van der Waals surface area contributed by atoms with Gasteiger partial charge in [0.25, 0.3) is 0 Å². The van der Waals surface area contributed by atoms with Crippen molar-refractivity contribution in [1.29, 1.82) is 0 Å². The zero-order valence-electron chi connectivity index (χ0n) is 6.29. The molecule has 0 spiro atoms. The number of rotatable bonds is 2. The highest BCUT2D eigenvalue weighted by Gasteiger charge is 2.12. The maximum atomic E-state index is 9.85. The zero-order valence-corrected chi connectivity index (χ0v) is 6.29. The van der Waals surface area contributed by atoms with E-state index in [1.807, 2.05) is 0 Å². The van der Waals surface area contributed by atoms with Gasteiger partial charge in [0.05, 0.1) is 0 Å². The van der Waals surface area contributed by atoms with Crippen LogP contribution in [0, 0.1) is 4.91 Å². The number of nitrogens with zero attached hydrogens (tertiary/aromatic N) is 3. The quantitative estimate of drug-likeness (QED) is 0.509. The van der Waals surface area contributed by atoms with E-state index in [0.717, 1.165) is 26.2 Å². The monoisotopic (exact) mass is 143 g/mol. The van der Waals surface area contributed by atoms with E-state index in [4.69, 9.17) is 0 Å². The Labute approximate surface area is 60.8 Å². The highest BCUT2D eigenvalue weighted by molar-refractivity contribution is 4.67. The van der Waals surface area contributed by atoms with Crippen molar-refractivity contribution in [2.45, 2.75) is 0 Å². The Morgan fingerprint density at radius 2 is 1.90 bits per heavy atom. The van der Waals surface area contributed by atoms with Crippen molar-refractivity contribution in [2.75, 3.05) is 39.9 Å². The molecule has 0 radical (unpaired) electrons.